The molecular formula is C18H28ClNO. The Morgan fingerprint density at radius 1 is 1.24 bits per heavy atom. The molecule has 1 aliphatic rings. The molecule has 0 radical (unpaired) electrons. The molecule has 1 saturated carbocycles. The van der Waals surface area contributed by atoms with E-state index in [0.29, 0.717) is 5.41 Å². The summed E-state index contributed by atoms with van der Waals surface area (Å²) in [5.41, 5.74) is 1.04. The fourth-order valence-corrected chi connectivity index (χ4v) is 3.63. The van der Waals surface area contributed by atoms with E-state index in [2.05, 4.69) is 26.1 Å². The lowest BCUT2D eigenvalue weighted by atomic mass is 9.76. The van der Waals surface area contributed by atoms with E-state index in [1.807, 2.05) is 24.3 Å². The zero-order valence-corrected chi connectivity index (χ0v) is 14.2. The number of hydrogen-bond donors (Lipinski definition) is 2. The summed E-state index contributed by atoms with van der Waals surface area (Å²) >= 11 is 6.26. The molecular weight excluding hydrogens is 282 g/mol. The highest BCUT2D eigenvalue weighted by atomic mass is 35.5. The van der Waals surface area contributed by atoms with Crippen LogP contribution in [0.3, 0.4) is 0 Å². The Hall–Kier alpha value is -0.730. The van der Waals surface area contributed by atoms with Crippen molar-refractivity contribution in [3.05, 3.63) is 29.3 Å². The molecule has 3 heteroatoms. The lowest BCUT2D eigenvalue weighted by molar-refractivity contribution is 0.182. The summed E-state index contributed by atoms with van der Waals surface area (Å²) in [5, 5.41) is 14.3. The predicted octanol–water partition coefficient (Wildman–Crippen LogP) is 5.11. The van der Waals surface area contributed by atoms with Crippen molar-refractivity contribution in [3.8, 4) is 0 Å². The molecule has 118 valence electrons. The van der Waals surface area contributed by atoms with Crippen LogP contribution in [0.2, 0.25) is 5.02 Å². The molecule has 2 unspecified atom stereocenters. The van der Waals surface area contributed by atoms with Crippen molar-refractivity contribution in [2.75, 3.05) is 11.9 Å². The van der Waals surface area contributed by atoms with Gasteiger partial charge in [-0.1, -0.05) is 50.9 Å². The topological polar surface area (TPSA) is 32.3 Å². The molecule has 2 atom stereocenters. The van der Waals surface area contributed by atoms with Gasteiger partial charge in [0.15, 0.2) is 0 Å². The summed E-state index contributed by atoms with van der Waals surface area (Å²) in [7, 11) is 0. The normalized spacial score (nSPS) is 27.2. The number of halogens is 1. The third-order valence-corrected chi connectivity index (χ3v) is 5.31. The van der Waals surface area contributed by atoms with Gasteiger partial charge in [0.1, 0.15) is 0 Å². The number of rotatable bonds is 3. The first-order valence-electron chi connectivity index (χ1n) is 8.00. The Kier molecular flexibility index (Phi) is 5.21. The second-order valence-electron chi connectivity index (χ2n) is 7.54. The van der Waals surface area contributed by atoms with Gasteiger partial charge in [-0.05, 0) is 49.1 Å². The van der Waals surface area contributed by atoms with Crippen LogP contribution in [0.1, 0.15) is 52.9 Å². The first kappa shape index (κ1) is 16.6. The average Bonchev–Trinajstić information content (AvgIpc) is 2.64. The first-order chi connectivity index (χ1) is 9.86. The van der Waals surface area contributed by atoms with Crippen LogP contribution >= 0.6 is 11.6 Å². The zero-order valence-electron chi connectivity index (χ0n) is 13.5. The maximum atomic E-state index is 10.0. The highest BCUT2D eigenvalue weighted by molar-refractivity contribution is 6.33. The molecule has 1 fully saturated rings. The number of aliphatic hydroxyl groups is 1. The Morgan fingerprint density at radius 3 is 2.57 bits per heavy atom. The molecule has 0 heterocycles. The predicted molar refractivity (Wildman–Crippen MR) is 90.9 cm³/mol. The molecule has 1 aromatic rings. The fourth-order valence-electron chi connectivity index (χ4n) is 3.44. The molecule has 2 nitrogen and oxygen atoms in total. The smallest absolute Gasteiger partial charge is 0.0661 e. The van der Waals surface area contributed by atoms with E-state index in [1.165, 1.54) is 6.42 Å². The van der Waals surface area contributed by atoms with E-state index in [0.717, 1.165) is 42.3 Å². The molecule has 1 aromatic carbocycles. The average molecular weight is 310 g/mol. The number of aliphatic hydroxyl groups excluding tert-OH is 1. The third kappa shape index (κ3) is 4.14. The van der Waals surface area contributed by atoms with Gasteiger partial charge >= 0.3 is 0 Å². The van der Waals surface area contributed by atoms with Gasteiger partial charge in [-0.15, -0.1) is 0 Å². The molecule has 2 rings (SSSR count). The molecule has 0 bridgehead atoms. The SMILES string of the molecule is CC(C)(C)C1CCCC(CO)(Nc2ccccc2Cl)CC1. The standard InChI is InChI=1S/C18H28ClNO/c1-17(2,3)14-7-6-11-18(13-21,12-10-14)20-16-9-5-4-8-15(16)19/h4-5,8-9,14,20-21H,6-7,10-13H2,1-3H3. The monoisotopic (exact) mass is 309 g/mol. The number of para-hydroxylation sites is 1. The van der Waals surface area contributed by atoms with Crippen molar-refractivity contribution in [1.82, 2.24) is 0 Å². The minimum atomic E-state index is -0.231. The van der Waals surface area contributed by atoms with Gasteiger partial charge in [-0.2, -0.15) is 0 Å². The summed E-state index contributed by atoms with van der Waals surface area (Å²) in [4.78, 5) is 0. The van der Waals surface area contributed by atoms with Crippen molar-refractivity contribution in [2.24, 2.45) is 11.3 Å². The highest BCUT2D eigenvalue weighted by Crippen LogP contribution is 2.41. The molecule has 2 N–H and O–H groups in total. The van der Waals surface area contributed by atoms with Gasteiger partial charge in [-0.25, -0.2) is 0 Å². The quantitative estimate of drug-likeness (QED) is 0.760. The van der Waals surface area contributed by atoms with Crippen molar-refractivity contribution in [2.45, 2.75) is 58.4 Å². The molecule has 0 amide bonds. The zero-order chi connectivity index (χ0) is 15.5. The summed E-state index contributed by atoms with van der Waals surface area (Å²) < 4.78 is 0. The van der Waals surface area contributed by atoms with Crippen LogP contribution in [0.4, 0.5) is 5.69 Å². The largest absolute Gasteiger partial charge is 0.394 e. The Morgan fingerprint density at radius 2 is 1.95 bits per heavy atom. The van der Waals surface area contributed by atoms with Crippen LogP contribution in [0.15, 0.2) is 24.3 Å². The van der Waals surface area contributed by atoms with Gasteiger partial charge < -0.3 is 10.4 Å². The molecule has 21 heavy (non-hydrogen) atoms. The van der Waals surface area contributed by atoms with E-state index >= 15 is 0 Å². The minimum Gasteiger partial charge on any atom is -0.394 e. The van der Waals surface area contributed by atoms with Crippen LogP contribution in [-0.2, 0) is 0 Å². The Labute approximate surface area is 133 Å². The number of nitrogens with one attached hydrogen (secondary N) is 1. The number of hydrogen-bond acceptors (Lipinski definition) is 2. The summed E-state index contributed by atoms with van der Waals surface area (Å²) in [6.45, 7) is 7.14. The van der Waals surface area contributed by atoms with Crippen molar-refractivity contribution in [3.63, 3.8) is 0 Å². The van der Waals surface area contributed by atoms with E-state index in [4.69, 9.17) is 11.6 Å². The van der Waals surface area contributed by atoms with Gasteiger partial charge in [0.25, 0.3) is 0 Å². The first-order valence-corrected chi connectivity index (χ1v) is 8.38. The molecule has 0 aliphatic heterocycles. The Bertz CT molecular complexity index is 469. The van der Waals surface area contributed by atoms with E-state index in [-0.39, 0.29) is 12.1 Å². The number of benzene rings is 1. The summed E-state index contributed by atoms with van der Waals surface area (Å²) in [5.74, 6) is 0.721. The van der Waals surface area contributed by atoms with Crippen molar-refractivity contribution < 1.29 is 5.11 Å². The maximum absolute atomic E-state index is 10.0. The second-order valence-corrected chi connectivity index (χ2v) is 7.94. The summed E-state index contributed by atoms with van der Waals surface area (Å²) in [6.07, 6.45) is 5.55. The van der Waals surface area contributed by atoms with Crippen LogP contribution in [0.5, 0.6) is 0 Å². The molecule has 0 saturated heterocycles. The Balaban J connectivity index is 2.13. The van der Waals surface area contributed by atoms with Crippen LogP contribution in [-0.4, -0.2) is 17.3 Å². The molecule has 1 aliphatic carbocycles. The highest BCUT2D eigenvalue weighted by Gasteiger charge is 2.36. The van der Waals surface area contributed by atoms with Gasteiger partial charge in [-0.3, -0.25) is 0 Å². The van der Waals surface area contributed by atoms with Gasteiger partial charge in [0.05, 0.1) is 22.9 Å². The lowest BCUT2D eigenvalue weighted by Crippen LogP contribution is -2.42. The maximum Gasteiger partial charge on any atom is 0.0661 e. The fraction of sp³-hybridized carbons (Fsp3) is 0.667. The van der Waals surface area contributed by atoms with Crippen molar-refractivity contribution in [1.29, 1.82) is 0 Å². The van der Waals surface area contributed by atoms with Gasteiger partial charge in [0, 0.05) is 0 Å². The second kappa shape index (κ2) is 6.58. The van der Waals surface area contributed by atoms with Gasteiger partial charge in [0.2, 0.25) is 0 Å². The van der Waals surface area contributed by atoms with E-state index < -0.39 is 0 Å². The van der Waals surface area contributed by atoms with E-state index in [9.17, 15) is 5.11 Å². The van der Waals surface area contributed by atoms with E-state index in [1.54, 1.807) is 0 Å². The minimum absolute atomic E-state index is 0.162. The lowest BCUT2D eigenvalue weighted by Gasteiger charge is -2.34. The summed E-state index contributed by atoms with van der Waals surface area (Å²) in [6, 6.07) is 7.80. The van der Waals surface area contributed by atoms with Crippen LogP contribution in [0.25, 0.3) is 0 Å². The van der Waals surface area contributed by atoms with Crippen LogP contribution in [0, 0.1) is 11.3 Å². The third-order valence-electron chi connectivity index (χ3n) is 4.98. The van der Waals surface area contributed by atoms with Crippen LogP contribution < -0.4 is 5.32 Å². The molecule has 0 spiro atoms. The van der Waals surface area contributed by atoms with Crippen molar-refractivity contribution >= 4 is 17.3 Å². The molecule has 0 aromatic heterocycles. The number of anilines is 1.